The summed E-state index contributed by atoms with van der Waals surface area (Å²) in [5.41, 5.74) is 4.99. The Kier molecular flexibility index (Phi) is 7.68. The molecule has 0 spiro atoms. The summed E-state index contributed by atoms with van der Waals surface area (Å²) in [4.78, 5) is 2.06. The van der Waals surface area contributed by atoms with Crippen molar-refractivity contribution in [3.8, 4) is 6.07 Å². The highest BCUT2D eigenvalue weighted by atomic mass is 32.1. The lowest BCUT2D eigenvalue weighted by molar-refractivity contribution is 0.308. The first kappa shape index (κ1) is 19.2. The van der Waals surface area contributed by atoms with Crippen molar-refractivity contribution in [3.05, 3.63) is 29.8 Å². The summed E-state index contributed by atoms with van der Waals surface area (Å²) >= 11 is 5.33. The van der Waals surface area contributed by atoms with E-state index < -0.39 is 0 Å². The zero-order chi connectivity index (χ0) is 18.1. The third kappa shape index (κ3) is 6.35. The Morgan fingerprint density at radius 1 is 1.36 bits per heavy atom. The molecule has 0 unspecified atom stereocenters. The van der Waals surface area contributed by atoms with Crippen LogP contribution in [-0.2, 0) is 0 Å². The maximum Gasteiger partial charge on any atom is 0.187 e. The minimum atomic E-state index is 0.451. The Bertz CT molecular complexity index is 620. The van der Waals surface area contributed by atoms with Gasteiger partial charge >= 0.3 is 0 Å². The van der Waals surface area contributed by atoms with Crippen LogP contribution in [0.3, 0.4) is 0 Å². The van der Waals surface area contributed by atoms with Crippen molar-refractivity contribution in [2.75, 3.05) is 18.5 Å². The molecule has 25 heavy (non-hydrogen) atoms. The quantitative estimate of drug-likeness (QED) is 0.464. The van der Waals surface area contributed by atoms with E-state index in [1.54, 1.807) is 6.21 Å². The van der Waals surface area contributed by atoms with E-state index in [1.807, 2.05) is 31.3 Å². The van der Waals surface area contributed by atoms with E-state index in [9.17, 15) is 0 Å². The first-order valence-electron chi connectivity index (χ1n) is 8.88. The molecule has 0 heterocycles. The van der Waals surface area contributed by atoms with Gasteiger partial charge in [-0.15, -0.1) is 0 Å². The second kappa shape index (κ2) is 10.00. The van der Waals surface area contributed by atoms with Crippen LogP contribution in [0.1, 0.15) is 44.6 Å². The zero-order valence-corrected chi connectivity index (χ0v) is 15.9. The summed E-state index contributed by atoms with van der Waals surface area (Å²) in [6, 6.07) is 10.7. The summed E-state index contributed by atoms with van der Waals surface area (Å²) in [6.07, 6.45) is 7.31. The van der Waals surface area contributed by atoms with Crippen LogP contribution in [0, 0.1) is 17.2 Å². The average molecular weight is 358 g/mol. The van der Waals surface area contributed by atoms with Crippen LogP contribution >= 0.6 is 12.2 Å². The Morgan fingerprint density at radius 2 is 2.08 bits per heavy atom. The third-order valence-corrected chi connectivity index (χ3v) is 4.91. The maximum absolute atomic E-state index is 8.65. The van der Waals surface area contributed by atoms with E-state index in [2.05, 4.69) is 33.7 Å². The summed E-state index contributed by atoms with van der Waals surface area (Å²) in [6.45, 7) is 3.00. The fourth-order valence-electron chi connectivity index (χ4n) is 3.06. The summed E-state index contributed by atoms with van der Waals surface area (Å²) in [7, 11) is 1.98. The summed E-state index contributed by atoms with van der Waals surface area (Å²) in [5.74, 6) is 0.656. The van der Waals surface area contributed by atoms with E-state index in [0.717, 1.165) is 17.8 Å². The van der Waals surface area contributed by atoms with Crippen LogP contribution < -0.4 is 15.6 Å². The smallest absolute Gasteiger partial charge is 0.187 e. The second-order valence-electron chi connectivity index (χ2n) is 6.63. The topological polar surface area (TPSA) is 63.5 Å². The molecule has 134 valence electrons. The van der Waals surface area contributed by atoms with Gasteiger partial charge in [-0.3, -0.25) is 5.43 Å². The van der Waals surface area contributed by atoms with E-state index in [4.69, 9.17) is 17.5 Å². The molecule has 0 saturated heterocycles. The fraction of sp³-hybridized carbons (Fsp3) is 0.526. The van der Waals surface area contributed by atoms with Crippen LogP contribution in [0.15, 0.2) is 29.4 Å². The van der Waals surface area contributed by atoms with Crippen molar-refractivity contribution < 1.29 is 0 Å². The number of hydrogen-bond donors (Lipinski definition) is 2. The predicted octanol–water partition coefficient (Wildman–Crippen LogP) is 3.41. The van der Waals surface area contributed by atoms with Gasteiger partial charge in [0.05, 0.1) is 18.7 Å². The van der Waals surface area contributed by atoms with E-state index in [-0.39, 0.29) is 0 Å². The molecule has 6 heteroatoms. The number of nitrogens with one attached hydrogen (secondary N) is 2. The molecule has 1 saturated carbocycles. The maximum atomic E-state index is 8.65. The van der Waals surface area contributed by atoms with Crippen LogP contribution in [0.5, 0.6) is 0 Å². The van der Waals surface area contributed by atoms with Crippen molar-refractivity contribution in [3.63, 3.8) is 0 Å². The lowest BCUT2D eigenvalue weighted by atomic mass is 9.86. The monoisotopic (exact) mass is 357 g/mol. The number of thiocarbonyl (C=S) groups is 1. The molecule has 0 aromatic heterocycles. The van der Waals surface area contributed by atoms with E-state index in [0.29, 0.717) is 23.5 Å². The van der Waals surface area contributed by atoms with Gasteiger partial charge in [0, 0.05) is 25.3 Å². The first-order chi connectivity index (χ1) is 12.1. The van der Waals surface area contributed by atoms with Crippen LogP contribution in [0.25, 0.3) is 0 Å². The SMILES string of the molecule is C[C@@H]1CCCC[C@H]1NC(=S)N/N=C\c1ccc(N(C)CCC#N)cc1. The highest BCUT2D eigenvalue weighted by Crippen LogP contribution is 2.23. The van der Waals surface area contributed by atoms with Crippen LogP contribution in [0.2, 0.25) is 0 Å². The predicted molar refractivity (Wildman–Crippen MR) is 108 cm³/mol. The van der Waals surface area contributed by atoms with Gasteiger partial charge in [0.15, 0.2) is 5.11 Å². The molecule has 0 radical (unpaired) electrons. The minimum absolute atomic E-state index is 0.451. The second-order valence-corrected chi connectivity index (χ2v) is 7.04. The molecule has 5 nitrogen and oxygen atoms in total. The molecular formula is C19H27N5S. The minimum Gasteiger partial charge on any atom is -0.374 e. The normalized spacial score (nSPS) is 20.0. The number of rotatable bonds is 6. The zero-order valence-electron chi connectivity index (χ0n) is 15.0. The molecule has 0 aliphatic heterocycles. The summed E-state index contributed by atoms with van der Waals surface area (Å²) in [5, 5.41) is 16.8. The van der Waals surface area contributed by atoms with Gasteiger partial charge in [-0.2, -0.15) is 10.4 Å². The van der Waals surface area contributed by atoms with Crippen molar-refractivity contribution in [1.82, 2.24) is 10.7 Å². The fourth-order valence-corrected chi connectivity index (χ4v) is 3.26. The van der Waals surface area contributed by atoms with Crippen molar-refractivity contribution in [2.24, 2.45) is 11.0 Å². The number of nitriles is 1. The number of anilines is 1. The number of nitrogens with zero attached hydrogens (tertiary/aromatic N) is 3. The molecule has 1 aliphatic carbocycles. The lowest BCUT2D eigenvalue weighted by Crippen LogP contribution is -2.44. The lowest BCUT2D eigenvalue weighted by Gasteiger charge is -2.30. The third-order valence-electron chi connectivity index (χ3n) is 4.70. The van der Waals surface area contributed by atoms with Gasteiger partial charge in [-0.1, -0.05) is 31.9 Å². The summed E-state index contributed by atoms with van der Waals surface area (Å²) < 4.78 is 0. The molecule has 2 N–H and O–H groups in total. The molecule has 0 amide bonds. The van der Waals surface area contributed by atoms with Crippen molar-refractivity contribution in [1.29, 1.82) is 5.26 Å². The molecule has 1 aromatic carbocycles. The highest BCUT2D eigenvalue weighted by Gasteiger charge is 2.21. The van der Waals surface area contributed by atoms with Crippen molar-refractivity contribution >= 4 is 29.2 Å². The molecule has 0 bridgehead atoms. The van der Waals surface area contributed by atoms with E-state index >= 15 is 0 Å². The Balaban J connectivity index is 1.79. The molecule has 1 aromatic rings. The van der Waals surface area contributed by atoms with Crippen molar-refractivity contribution in [2.45, 2.75) is 45.1 Å². The van der Waals surface area contributed by atoms with Crippen LogP contribution in [-0.4, -0.2) is 31.0 Å². The largest absolute Gasteiger partial charge is 0.374 e. The number of hydrazone groups is 1. The molecule has 2 rings (SSSR count). The average Bonchev–Trinajstić information content (AvgIpc) is 2.62. The van der Waals surface area contributed by atoms with Gasteiger partial charge in [-0.25, -0.2) is 0 Å². The molecule has 2 atom stereocenters. The number of benzene rings is 1. The van der Waals surface area contributed by atoms with Gasteiger partial charge in [-0.05, 0) is 48.7 Å². The highest BCUT2D eigenvalue weighted by molar-refractivity contribution is 7.80. The molecule has 1 aliphatic rings. The van der Waals surface area contributed by atoms with E-state index in [1.165, 1.54) is 25.7 Å². The first-order valence-corrected chi connectivity index (χ1v) is 9.28. The standard InChI is InChI=1S/C19H27N5S/c1-15-6-3-4-7-18(15)22-19(25)23-21-14-16-8-10-17(11-9-16)24(2)13-5-12-20/h8-11,14-15,18H,3-7,13H2,1-2H3,(H2,22,23,25)/b21-14-/t15-,18-/m1/s1. The Labute approximate surface area is 156 Å². The molecular weight excluding hydrogens is 330 g/mol. The van der Waals surface area contributed by atoms with Crippen LogP contribution in [0.4, 0.5) is 5.69 Å². The Hall–Kier alpha value is -2.13. The van der Waals surface area contributed by atoms with Gasteiger partial charge < -0.3 is 10.2 Å². The Morgan fingerprint density at radius 3 is 2.76 bits per heavy atom. The van der Waals surface area contributed by atoms with Gasteiger partial charge in [0.2, 0.25) is 0 Å². The number of hydrogen-bond acceptors (Lipinski definition) is 4. The molecule has 1 fully saturated rings. The van der Waals surface area contributed by atoms with Gasteiger partial charge in [0.25, 0.3) is 0 Å². The van der Waals surface area contributed by atoms with Gasteiger partial charge in [0.1, 0.15) is 0 Å².